The number of aliphatic hydroxyl groups is 1. The van der Waals surface area contributed by atoms with Gasteiger partial charge in [0, 0.05) is 24.5 Å². The molecule has 0 spiro atoms. The monoisotopic (exact) mass is 303 g/mol. The number of H-pyrrole nitrogens is 1. The fourth-order valence-electron chi connectivity index (χ4n) is 2.97. The van der Waals surface area contributed by atoms with Crippen LogP contribution in [0.5, 0.6) is 0 Å². The molecule has 2 aromatic heterocycles. The van der Waals surface area contributed by atoms with Crippen molar-refractivity contribution in [3.63, 3.8) is 0 Å². The molecule has 2 aromatic rings. The Morgan fingerprint density at radius 2 is 2.32 bits per heavy atom. The lowest BCUT2D eigenvalue weighted by molar-refractivity contribution is 0.0235. The average molecular weight is 303 g/mol. The zero-order valence-corrected chi connectivity index (χ0v) is 12.8. The molecule has 0 unspecified atom stereocenters. The maximum atomic E-state index is 12.5. The third kappa shape index (κ3) is 2.76. The fourth-order valence-corrected chi connectivity index (χ4v) is 2.97. The Hall–Kier alpha value is -2.15. The third-order valence-electron chi connectivity index (χ3n) is 4.31. The van der Waals surface area contributed by atoms with Crippen LogP contribution in [0.1, 0.15) is 47.4 Å². The lowest BCUT2D eigenvalue weighted by atomic mass is 9.75. The highest BCUT2D eigenvalue weighted by Gasteiger charge is 2.36. The number of nitrogens with zero attached hydrogens (tertiary/aromatic N) is 3. The molecule has 1 saturated carbocycles. The number of aromatic amines is 1. The second kappa shape index (κ2) is 5.92. The summed E-state index contributed by atoms with van der Waals surface area (Å²) < 4.78 is 1.72. The van der Waals surface area contributed by atoms with Gasteiger partial charge in [-0.1, -0.05) is 6.92 Å². The van der Waals surface area contributed by atoms with Gasteiger partial charge in [-0.3, -0.25) is 14.6 Å². The van der Waals surface area contributed by atoms with Crippen molar-refractivity contribution in [3.05, 3.63) is 35.4 Å². The van der Waals surface area contributed by atoms with Crippen LogP contribution in [0, 0.1) is 5.92 Å². The van der Waals surface area contributed by atoms with Gasteiger partial charge in [-0.2, -0.15) is 10.2 Å². The normalized spacial score (nSPS) is 22.1. The SMILES string of the molecule is CCc1[nH]ncc1C(=O)N[C@H](c1cnn(C)c1)C1CC(O)C1. The summed E-state index contributed by atoms with van der Waals surface area (Å²) in [5, 5.41) is 23.6. The molecule has 3 N–H and O–H groups in total. The molecule has 1 atom stereocenters. The first kappa shape index (κ1) is 14.8. The van der Waals surface area contributed by atoms with Crippen molar-refractivity contribution >= 4 is 5.91 Å². The van der Waals surface area contributed by atoms with Crippen molar-refractivity contribution in [2.24, 2.45) is 13.0 Å². The van der Waals surface area contributed by atoms with Gasteiger partial charge in [0.1, 0.15) is 0 Å². The number of hydrogen-bond acceptors (Lipinski definition) is 4. The van der Waals surface area contributed by atoms with Gasteiger partial charge < -0.3 is 10.4 Å². The molecule has 0 aliphatic heterocycles. The molecule has 7 heteroatoms. The van der Waals surface area contributed by atoms with Gasteiger partial charge in [0.05, 0.1) is 30.1 Å². The molecular weight excluding hydrogens is 282 g/mol. The molecule has 0 saturated heterocycles. The number of aromatic nitrogens is 4. The number of carbonyl (C=O) groups is 1. The van der Waals surface area contributed by atoms with E-state index in [9.17, 15) is 9.90 Å². The lowest BCUT2D eigenvalue weighted by Gasteiger charge is -2.37. The summed E-state index contributed by atoms with van der Waals surface area (Å²) in [4.78, 5) is 12.5. The largest absolute Gasteiger partial charge is 0.393 e. The van der Waals surface area contributed by atoms with E-state index >= 15 is 0 Å². The van der Waals surface area contributed by atoms with Crippen molar-refractivity contribution in [2.45, 2.75) is 38.3 Å². The van der Waals surface area contributed by atoms with Gasteiger partial charge in [-0.05, 0) is 25.2 Å². The van der Waals surface area contributed by atoms with Gasteiger partial charge in [0.15, 0.2) is 0 Å². The number of hydrogen-bond donors (Lipinski definition) is 3. The second-order valence-electron chi connectivity index (χ2n) is 5.90. The molecule has 7 nitrogen and oxygen atoms in total. The number of aliphatic hydroxyl groups excluding tert-OH is 1. The molecule has 0 radical (unpaired) electrons. The Morgan fingerprint density at radius 1 is 1.55 bits per heavy atom. The van der Waals surface area contributed by atoms with E-state index in [0.717, 1.165) is 17.7 Å². The van der Waals surface area contributed by atoms with Crippen LogP contribution in [0.3, 0.4) is 0 Å². The molecule has 2 heterocycles. The molecule has 1 aliphatic carbocycles. The molecule has 1 fully saturated rings. The van der Waals surface area contributed by atoms with E-state index in [1.54, 1.807) is 17.1 Å². The highest BCUT2D eigenvalue weighted by atomic mass is 16.3. The molecular formula is C15H21N5O2. The molecule has 1 aliphatic rings. The van der Waals surface area contributed by atoms with E-state index in [1.807, 2.05) is 20.2 Å². The van der Waals surface area contributed by atoms with Crippen LogP contribution < -0.4 is 5.32 Å². The van der Waals surface area contributed by atoms with Crippen LogP contribution in [0.2, 0.25) is 0 Å². The molecule has 22 heavy (non-hydrogen) atoms. The minimum atomic E-state index is -0.263. The average Bonchev–Trinajstić information content (AvgIpc) is 3.09. The number of carbonyl (C=O) groups excluding carboxylic acids is 1. The molecule has 1 amide bonds. The van der Waals surface area contributed by atoms with E-state index < -0.39 is 0 Å². The standard InChI is InChI=1S/C15H21N5O2/c1-3-13-12(7-16-19-13)15(22)18-14(9-4-11(21)5-9)10-6-17-20(2)8-10/h6-9,11,14,21H,3-5H2,1-2H3,(H,16,19)(H,18,22)/t9?,11?,14-/m0/s1. The van der Waals surface area contributed by atoms with Crippen molar-refractivity contribution < 1.29 is 9.90 Å². The lowest BCUT2D eigenvalue weighted by Crippen LogP contribution is -2.41. The highest BCUT2D eigenvalue weighted by molar-refractivity contribution is 5.95. The summed E-state index contributed by atoms with van der Waals surface area (Å²) in [7, 11) is 1.85. The summed E-state index contributed by atoms with van der Waals surface area (Å²) in [6.07, 6.45) is 7.10. The van der Waals surface area contributed by atoms with Gasteiger partial charge in [0.25, 0.3) is 5.91 Å². The molecule has 118 valence electrons. The molecule has 3 rings (SSSR count). The maximum absolute atomic E-state index is 12.5. The predicted molar refractivity (Wildman–Crippen MR) is 80.1 cm³/mol. The van der Waals surface area contributed by atoms with Crippen LogP contribution in [0.25, 0.3) is 0 Å². The van der Waals surface area contributed by atoms with E-state index in [2.05, 4.69) is 20.6 Å². The van der Waals surface area contributed by atoms with Gasteiger partial charge in [0.2, 0.25) is 0 Å². The number of aryl methyl sites for hydroxylation is 2. The smallest absolute Gasteiger partial charge is 0.255 e. The van der Waals surface area contributed by atoms with E-state index in [0.29, 0.717) is 18.4 Å². The van der Waals surface area contributed by atoms with Crippen molar-refractivity contribution in [2.75, 3.05) is 0 Å². The quantitative estimate of drug-likeness (QED) is 0.766. The fraction of sp³-hybridized carbons (Fsp3) is 0.533. The van der Waals surface area contributed by atoms with Gasteiger partial charge >= 0.3 is 0 Å². The minimum Gasteiger partial charge on any atom is -0.393 e. The van der Waals surface area contributed by atoms with Crippen LogP contribution in [-0.4, -0.2) is 37.1 Å². The highest BCUT2D eigenvalue weighted by Crippen LogP contribution is 2.38. The Morgan fingerprint density at radius 3 is 2.91 bits per heavy atom. The van der Waals surface area contributed by atoms with Gasteiger partial charge in [-0.25, -0.2) is 0 Å². The van der Waals surface area contributed by atoms with Crippen molar-refractivity contribution in [3.8, 4) is 0 Å². The Labute approximate surface area is 128 Å². The first-order chi connectivity index (χ1) is 10.6. The molecule has 0 bridgehead atoms. The first-order valence-corrected chi connectivity index (χ1v) is 7.58. The van der Waals surface area contributed by atoms with Crippen LogP contribution in [-0.2, 0) is 13.5 Å². The van der Waals surface area contributed by atoms with Crippen molar-refractivity contribution in [1.29, 1.82) is 0 Å². The summed E-state index contributed by atoms with van der Waals surface area (Å²) >= 11 is 0. The summed E-state index contributed by atoms with van der Waals surface area (Å²) in [6.45, 7) is 1.98. The number of nitrogens with one attached hydrogen (secondary N) is 2. The first-order valence-electron chi connectivity index (χ1n) is 7.58. The topological polar surface area (TPSA) is 95.8 Å². The second-order valence-corrected chi connectivity index (χ2v) is 5.90. The zero-order valence-electron chi connectivity index (χ0n) is 12.8. The summed E-state index contributed by atoms with van der Waals surface area (Å²) in [6, 6.07) is -0.135. The van der Waals surface area contributed by atoms with Crippen molar-refractivity contribution in [1.82, 2.24) is 25.3 Å². The Kier molecular flexibility index (Phi) is 3.98. The van der Waals surface area contributed by atoms with Crippen LogP contribution in [0.15, 0.2) is 18.6 Å². The molecule has 0 aromatic carbocycles. The Bertz CT molecular complexity index is 656. The van der Waals surface area contributed by atoms with E-state index in [-0.39, 0.29) is 24.0 Å². The van der Waals surface area contributed by atoms with Crippen LogP contribution >= 0.6 is 0 Å². The minimum absolute atomic E-state index is 0.135. The van der Waals surface area contributed by atoms with Gasteiger partial charge in [-0.15, -0.1) is 0 Å². The zero-order chi connectivity index (χ0) is 15.7. The number of amides is 1. The van der Waals surface area contributed by atoms with E-state index in [4.69, 9.17) is 0 Å². The maximum Gasteiger partial charge on any atom is 0.255 e. The predicted octanol–water partition coefficient (Wildman–Crippen LogP) is 0.948. The summed E-state index contributed by atoms with van der Waals surface area (Å²) in [5.74, 6) is 0.0981. The third-order valence-corrected chi connectivity index (χ3v) is 4.31. The van der Waals surface area contributed by atoms with E-state index in [1.165, 1.54) is 0 Å². The van der Waals surface area contributed by atoms with Crippen LogP contribution in [0.4, 0.5) is 0 Å². The Balaban J connectivity index is 1.79. The number of rotatable bonds is 5. The summed E-state index contributed by atoms with van der Waals surface area (Å²) in [5.41, 5.74) is 2.38.